The molecule has 0 atom stereocenters. The zero-order chi connectivity index (χ0) is 29.6. The summed E-state index contributed by atoms with van der Waals surface area (Å²) >= 11 is 1.67. The molecule has 1 fully saturated rings. The number of thiazole rings is 1. The lowest BCUT2D eigenvalue weighted by atomic mass is 10.2. The Labute approximate surface area is 254 Å². The third-order valence-corrected chi connectivity index (χ3v) is 8.34. The van der Waals surface area contributed by atoms with Crippen molar-refractivity contribution in [1.29, 1.82) is 0 Å². The third-order valence-electron chi connectivity index (χ3n) is 7.28. The van der Waals surface area contributed by atoms with Crippen LogP contribution < -0.4 is 15.4 Å². The summed E-state index contributed by atoms with van der Waals surface area (Å²) in [6.45, 7) is 5.60. The number of ether oxygens (including phenoxy) is 1. The lowest BCUT2D eigenvalue weighted by Gasteiger charge is -2.33. The molecule has 1 saturated heterocycles. The number of carbonyl (C=O) groups is 2. The van der Waals surface area contributed by atoms with E-state index in [9.17, 15) is 9.59 Å². The van der Waals surface area contributed by atoms with Crippen molar-refractivity contribution in [3.63, 3.8) is 0 Å². The Morgan fingerprint density at radius 3 is 1.91 bits per heavy atom. The van der Waals surface area contributed by atoms with Crippen molar-refractivity contribution >= 4 is 44.7 Å². The Kier molecular flexibility index (Phi) is 8.74. The van der Waals surface area contributed by atoms with Crippen molar-refractivity contribution in [2.24, 2.45) is 0 Å². The smallest absolute Gasteiger partial charge is 0.238 e. The topological polar surface area (TPSA) is 86.8 Å². The van der Waals surface area contributed by atoms with Crippen LogP contribution in [0.5, 0.6) is 11.5 Å². The van der Waals surface area contributed by atoms with Gasteiger partial charge in [0.1, 0.15) is 16.5 Å². The molecular weight excluding hydrogens is 558 g/mol. The van der Waals surface area contributed by atoms with Gasteiger partial charge >= 0.3 is 0 Å². The highest BCUT2D eigenvalue weighted by atomic mass is 32.1. The van der Waals surface area contributed by atoms with Gasteiger partial charge in [0.2, 0.25) is 11.8 Å². The summed E-state index contributed by atoms with van der Waals surface area (Å²) in [6, 6.07) is 31.0. The van der Waals surface area contributed by atoms with Gasteiger partial charge in [-0.05, 0) is 85.3 Å². The van der Waals surface area contributed by atoms with Gasteiger partial charge in [0.25, 0.3) is 0 Å². The molecule has 0 saturated carbocycles. The van der Waals surface area contributed by atoms with Crippen LogP contribution in [-0.2, 0) is 9.59 Å². The van der Waals surface area contributed by atoms with Gasteiger partial charge in [0, 0.05) is 43.1 Å². The quantitative estimate of drug-likeness (QED) is 0.211. The van der Waals surface area contributed by atoms with Crippen LogP contribution in [0.4, 0.5) is 11.4 Å². The largest absolute Gasteiger partial charge is 0.457 e. The van der Waals surface area contributed by atoms with Crippen LogP contribution in [0, 0.1) is 6.92 Å². The number of rotatable bonds is 9. The molecule has 1 aliphatic heterocycles. The summed E-state index contributed by atoms with van der Waals surface area (Å²) in [4.78, 5) is 34.3. The zero-order valence-electron chi connectivity index (χ0n) is 24.0. The number of carbonyl (C=O) groups excluding carboxylic acids is 2. The van der Waals surface area contributed by atoms with Crippen molar-refractivity contribution in [2.75, 3.05) is 49.9 Å². The van der Waals surface area contributed by atoms with E-state index < -0.39 is 0 Å². The van der Waals surface area contributed by atoms with Crippen LogP contribution in [0.2, 0.25) is 0 Å². The van der Waals surface area contributed by atoms with Gasteiger partial charge in [-0.3, -0.25) is 19.4 Å². The van der Waals surface area contributed by atoms with Gasteiger partial charge in [0.15, 0.2) is 0 Å². The van der Waals surface area contributed by atoms with Crippen LogP contribution in [0.1, 0.15) is 5.56 Å². The first kappa shape index (κ1) is 28.5. The van der Waals surface area contributed by atoms with E-state index in [0.717, 1.165) is 59.4 Å². The maximum atomic E-state index is 12.7. The van der Waals surface area contributed by atoms with Crippen molar-refractivity contribution in [3.05, 3.63) is 103 Å². The van der Waals surface area contributed by atoms with Gasteiger partial charge in [-0.1, -0.05) is 24.3 Å². The standard InChI is InChI=1S/C34H33N5O3S/c1-24-7-16-30-31(21-24)43-34(37-30)25-8-10-26(11-9-25)35-32(40)22-38-17-19-39(20-18-38)23-33(41)36-27-12-14-29(15-13-27)42-28-5-3-2-4-6-28/h2-16,21H,17-20,22-23H2,1H3,(H,35,40)(H,36,41). The fraction of sp³-hybridized carbons (Fsp3) is 0.206. The molecule has 2 N–H and O–H groups in total. The van der Waals surface area contributed by atoms with Gasteiger partial charge < -0.3 is 15.4 Å². The SMILES string of the molecule is Cc1ccc2nc(-c3ccc(NC(=O)CN4CCN(CC(=O)Nc5ccc(Oc6ccccc6)cc5)CC4)cc3)sc2c1. The lowest BCUT2D eigenvalue weighted by Crippen LogP contribution is -2.50. The Hall–Kier alpha value is -4.57. The summed E-state index contributed by atoms with van der Waals surface area (Å²) in [5, 5.41) is 6.93. The number of amides is 2. The van der Waals surface area contributed by atoms with Crippen molar-refractivity contribution in [2.45, 2.75) is 6.92 Å². The molecule has 0 spiro atoms. The highest BCUT2D eigenvalue weighted by Crippen LogP contribution is 2.31. The van der Waals surface area contributed by atoms with Crippen LogP contribution >= 0.6 is 11.3 Å². The highest BCUT2D eigenvalue weighted by molar-refractivity contribution is 7.21. The maximum absolute atomic E-state index is 12.7. The second-order valence-electron chi connectivity index (χ2n) is 10.7. The number of aromatic nitrogens is 1. The summed E-state index contributed by atoms with van der Waals surface area (Å²) in [6.07, 6.45) is 0. The first-order valence-electron chi connectivity index (χ1n) is 14.3. The minimum Gasteiger partial charge on any atom is -0.457 e. The van der Waals surface area contributed by atoms with E-state index in [1.165, 1.54) is 10.3 Å². The molecule has 0 radical (unpaired) electrons. The van der Waals surface area contributed by atoms with Gasteiger partial charge in [-0.2, -0.15) is 0 Å². The van der Waals surface area contributed by atoms with Crippen LogP contribution in [-0.4, -0.2) is 65.9 Å². The van der Waals surface area contributed by atoms with Crippen LogP contribution in [0.25, 0.3) is 20.8 Å². The predicted molar refractivity (Wildman–Crippen MR) is 173 cm³/mol. The average Bonchev–Trinajstić information content (AvgIpc) is 3.43. The molecule has 43 heavy (non-hydrogen) atoms. The summed E-state index contributed by atoms with van der Waals surface area (Å²) in [5.41, 5.74) is 4.75. The molecule has 1 aromatic heterocycles. The monoisotopic (exact) mass is 591 g/mol. The van der Waals surface area contributed by atoms with Crippen molar-refractivity contribution in [1.82, 2.24) is 14.8 Å². The number of piperazine rings is 1. The predicted octanol–water partition coefficient (Wildman–Crippen LogP) is 6.26. The van der Waals surface area contributed by atoms with E-state index in [-0.39, 0.29) is 11.8 Å². The minimum absolute atomic E-state index is 0.0471. The number of para-hydroxylation sites is 1. The first-order chi connectivity index (χ1) is 21.0. The van der Waals surface area contributed by atoms with E-state index in [0.29, 0.717) is 18.8 Å². The molecule has 0 aliphatic carbocycles. The number of benzene rings is 4. The molecule has 4 aromatic carbocycles. The van der Waals surface area contributed by atoms with Crippen LogP contribution in [0.15, 0.2) is 97.1 Å². The fourth-order valence-electron chi connectivity index (χ4n) is 5.00. The Morgan fingerprint density at radius 1 is 0.744 bits per heavy atom. The number of hydrogen-bond donors (Lipinski definition) is 2. The minimum atomic E-state index is -0.0627. The van der Waals surface area contributed by atoms with Gasteiger partial charge in [0.05, 0.1) is 23.3 Å². The molecule has 2 heterocycles. The molecule has 2 amide bonds. The summed E-state index contributed by atoms with van der Waals surface area (Å²) in [7, 11) is 0. The molecule has 8 nitrogen and oxygen atoms in total. The Bertz CT molecular complexity index is 1700. The lowest BCUT2D eigenvalue weighted by molar-refractivity contribution is -0.120. The number of hydrogen-bond acceptors (Lipinski definition) is 7. The molecule has 0 bridgehead atoms. The maximum Gasteiger partial charge on any atom is 0.238 e. The third kappa shape index (κ3) is 7.64. The number of nitrogens with one attached hydrogen (secondary N) is 2. The molecular formula is C34H33N5O3S. The van der Waals surface area contributed by atoms with E-state index >= 15 is 0 Å². The number of aryl methyl sites for hydroxylation is 1. The number of nitrogens with zero attached hydrogens (tertiary/aromatic N) is 3. The van der Waals surface area contributed by atoms with Gasteiger partial charge in [-0.15, -0.1) is 11.3 Å². The molecule has 218 valence electrons. The summed E-state index contributed by atoms with van der Waals surface area (Å²) < 4.78 is 6.98. The highest BCUT2D eigenvalue weighted by Gasteiger charge is 2.21. The number of fused-ring (bicyclic) bond motifs is 1. The van der Waals surface area contributed by atoms with Gasteiger partial charge in [-0.25, -0.2) is 4.98 Å². The van der Waals surface area contributed by atoms with E-state index in [1.807, 2.05) is 78.9 Å². The second kappa shape index (κ2) is 13.2. The number of anilines is 2. The molecule has 1 aliphatic rings. The second-order valence-corrected chi connectivity index (χ2v) is 11.7. The molecule has 0 unspecified atom stereocenters. The Morgan fingerprint density at radius 2 is 1.30 bits per heavy atom. The normalized spacial score (nSPS) is 14.0. The molecule has 5 aromatic rings. The Balaban J connectivity index is 0.918. The van der Waals surface area contributed by atoms with E-state index in [2.05, 4.69) is 45.6 Å². The van der Waals surface area contributed by atoms with E-state index in [1.54, 1.807) is 11.3 Å². The molecule has 9 heteroatoms. The molecule has 6 rings (SSSR count). The van der Waals surface area contributed by atoms with Crippen molar-refractivity contribution in [3.8, 4) is 22.1 Å². The average molecular weight is 592 g/mol. The summed E-state index contributed by atoms with van der Waals surface area (Å²) in [5.74, 6) is 1.36. The first-order valence-corrected chi connectivity index (χ1v) is 15.1. The fourth-order valence-corrected chi connectivity index (χ4v) is 6.06. The zero-order valence-corrected chi connectivity index (χ0v) is 24.8. The van der Waals surface area contributed by atoms with Crippen molar-refractivity contribution < 1.29 is 14.3 Å². The van der Waals surface area contributed by atoms with E-state index in [4.69, 9.17) is 9.72 Å². The van der Waals surface area contributed by atoms with Crippen LogP contribution in [0.3, 0.4) is 0 Å².